The molecule has 0 radical (unpaired) electrons. The van der Waals surface area contributed by atoms with Crippen LogP contribution in [0.5, 0.6) is 0 Å². The van der Waals surface area contributed by atoms with Gasteiger partial charge in [-0.05, 0) is 48.5 Å². The molecule has 0 amide bonds. The van der Waals surface area contributed by atoms with E-state index in [2.05, 4.69) is 0 Å². The molecule has 0 rings (SSSR count). The van der Waals surface area contributed by atoms with Gasteiger partial charge < -0.3 is 36.0 Å². The van der Waals surface area contributed by atoms with E-state index in [1.807, 2.05) is 62.3 Å². The van der Waals surface area contributed by atoms with Crippen molar-refractivity contribution >= 4 is 17.6 Å². The van der Waals surface area contributed by atoms with Crippen LogP contribution < -0.4 is 0 Å². The fourth-order valence-corrected chi connectivity index (χ4v) is 7.36. The van der Waals surface area contributed by atoms with Crippen molar-refractivity contribution < 1.29 is 36.0 Å². The van der Waals surface area contributed by atoms with Crippen LogP contribution in [0.25, 0.3) is 0 Å². The highest BCUT2D eigenvalue weighted by Gasteiger charge is 2.42. The van der Waals surface area contributed by atoms with Crippen LogP contribution in [0, 0.1) is 0 Å². The third kappa shape index (κ3) is 11.3. The largest absolute Gasteiger partial charge is 0.502 e. The van der Waals surface area contributed by atoms with Crippen LogP contribution in [0.15, 0.2) is 0 Å². The standard InChI is InChI=1S/C19H44O8Si2/c1-10-21-28(14-5,22-11-2)26-18(8)20-16-17(7)25-19(9)27-29(15-6,23-12-3)24-13-4/h17-19H,10-16H2,1-9H3. The fraction of sp³-hybridized carbons (Fsp3) is 1.00. The Labute approximate surface area is 180 Å². The predicted molar refractivity (Wildman–Crippen MR) is 117 cm³/mol. The molecule has 0 aromatic carbocycles. The van der Waals surface area contributed by atoms with E-state index in [0.717, 1.165) is 0 Å². The lowest BCUT2D eigenvalue weighted by atomic mass is 10.4. The van der Waals surface area contributed by atoms with E-state index in [1.165, 1.54) is 0 Å². The van der Waals surface area contributed by atoms with Crippen molar-refractivity contribution in [1.82, 2.24) is 0 Å². The molecule has 10 heteroatoms. The third-order valence-electron chi connectivity index (χ3n) is 4.00. The molecule has 0 N–H and O–H groups in total. The summed E-state index contributed by atoms with van der Waals surface area (Å²) in [4.78, 5) is 0. The Bertz CT molecular complexity index is 390. The first-order valence-corrected chi connectivity index (χ1v) is 14.8. The van der Waals surface area contributed by atoms with E-state index >= 15 is 0 Å². The second-order valence-corrected chi connectivity index (χ2v) is 12.2. The molecule has 0 saturated heterocycles. The number of hydrogen-bond acceptors (Lipinski definition) is 8. The summed E-state index contributed by atoms with van der Waals surface area (Å²) in [5.41, 5.74) is 0. The van der Waals surface area contributed by atoms with E-state index in [0.29, 0.717) is 45.1 Å². The van der Waals surface area contributed by atoms with Gasteiger partial charge in [-0.1, -0.05) is 13.8 Å². The van der Waals surface area contributed by atoms with Gasteiger partial charge in [-0.25, -0.2) is 0 Å². The van der Waals surface area contributed by atoms with Crippen LogP contribution in [0.1, 0.15) is 62.3 Å². The van der Waals surface area contributed by atoms with Crippen molar-refractivity contribution in [3.05, 3.63) is 0 Å². The average Bonchev–Trinajstić information content (AvgIpc) is 2.67. The van der Waals surface area contributed by atoms with Crippen LogP contribution in [0.3, 0.4) is 0 Å². The Morgan fingerprint density at radius 3 is 1.31 bits per heavy atom. The van der Waals surface area contributed by atoms with E-state index in [9.17, 15) is 0 Å². The maximum atomic E-state index is 6.06. The van der Waals surface area contributed by atoms with Gasteiger partial charge in [-0.3, -0.25) is 0 Å². The Kier molecular flexibility index (Phi) is 15.9. The molecule has 8 nitrogen and oxygen atoms in total. The zero-order valence-corrected chi connectivity index (χ0v) is 21.9. The predicted octanol–water partition coefficient (Wildman–Crippen LogP) is 4.20. The minimum absolute atomic E-state index is 0.195. The second-order valence-electron chi connectivity index (χ2n) is 6.46. The van der Waals surface area contributed by atoms with Crippen molar-refractivity contribution in [3.63, 3.8) is 0 Å². The van der Waals surface area contributed by atoms with Crippen LogP contribution in [-0.4, -0.2) is 69.3 Å². The number of hydrogen-bond donors (Lipinski definition) is 0. The Balaban J connectivity index is 4.59. The maximum Gasteiger partial charge on any atom is 0.502 e. The molecule has 0 aliphatic rings. The summed E-state index contributed by atoms with van der Waals surface area (Å²) in [6.07, 6.45) is -1.12. The summed E-state index contributed by atoms with van der Waals surface area (Å²) in [6.45, 7) is 19.9. The van der Waals surface area contributed by atoms with Crippen LogP contribution in [-0.2, 0) is 36.0 Å². The van der Waals surface area contributed by atoms with Gasteiger partial charge in [0, 0.05) is 38.5 Å². The summed E-state index contributed by atoms with van der Waals surface area (Å²) in [6, 6.07) is 1.38. The van der Waals surface area contributed by atoms with Crippen molar-refractivity contribution in [3.8, 4) is 0 Å². The minimum Gasteiger partial charge on any atom is -0.374 e. The lowest BCUT2D eigenvalue weighted by Gasteiger charge is -2.32. The Morgan fingerprint density at radius 2 is 0.966 bits per heavy atom. The lowest BCUT2D eigenvalue weighted by Crippen LogP contribution is -2.49. The highest BCUT2D eigenvalue weighted by atomic mass is 28.4. The molecule has 0 bridgehead atoms. The molecule has 0 heterocycles. The number of rotatable bonds is 19. The minimum atomic E-state index is -2.72. The zero-order chi connectivity index (χ0) is 22.3. The molecule has 0 aliphatic carbocycles. The van der Waals surface area contributed by atoms with Crippen molar-refractivity contribution in [2.45, 2.75) is 93.1 Å². The molecule has 0 saturated carbocycles. The SMILES string of the molecule is CCO[Si](CC)(OCC)OC(C)OCC(C)OC(C)O[Si](CC)(OCC)OCC. The molecular formula is C19H44O8Si2. The molecule has 0 aliphatic heterocycles. The molecular weight excluding hydrogens is 412 g/mol. The van der Waals surface area contributed by atoms with Gasteiger partial charge in [0.05, 0.1) is 12.7 Å². The quantitative estimate of drug-likeness (QED) is 0.211. The van der Waals surface area contributed by atoms with Gasteiger partial charge in [0.2, 0.25) is 0 Å². The molecule has 3 atom stereocenters. The van der Waals surface area contributed by atoms with E-state index in [-0.39, 0.29) is 6.10 Å². The number of ether oxygens (including phenoxy) is 2. The van der Waals surface area contributed by atoms with Crippen LogP contribution in [0.4, 0.5) is 0 Å². The van der Waals surface area contributed by atoms with Crippen LogP contribution >= 0.6 is 0 Å². The Morgan fingerprint density at radius 1 is 0.586 bits per heavy atom. The van der Waals surface area contributed by atoms with Crippen molar-refractivity contribution in [1.29, 1.82) is 0 Å². The van der Waals surface area contributed by atoms with Gasteiger partial charge in [-0.15, -0.1) is 0 Å². The third-order valence-corrected chi connectivity index (χ3v) is 10.0. The molecule has 0 aromatic heterocycles. The van der Waals surface area contributed by atoms with Gasteiger partial charge in [0.15, 0.2) is 0 Å². The highest BCUT2D eigenvalue weighted by molar-refractivity contribution is 6.61. The van der Waals surface area contributed by atoms with Crippen molar-refractivity contribution in [2.75, 3.05) is 33.0 Å². The van der Waals surface area contributed by atoms with E-state index < -0.39 is 30.2 Å². The fourth-order valence-electron chi connectivity index (χ4n) is 2.88. The topological polar surface area (TPSA) is 73.8 Å². The van der Waals surface area contributed by atoms with E-state index in [4.69, 9.17) is 36.0 Å². The van der Waals surface area contributed by atoms with Gasteiger partial charge in [0.25, 0.3) is 0 Å². The zero-order valence-electron chi connectivity index (χ0n) is 19.9. The summed E-state index contributed by atoms with van der Waals surface area (Å²) in [5, 5.41) is 0. The Hall–Kier alpha value is 0.114. The summed E-state index contributed by atoms with van der Waals surface area (Å²) >= 11 is 0. The van der Waals surface area contributed by atoms with Gasteiger partial charge >= 0.3 is 17.6 Å². The highest BCUT2D eigenvalue weighted by Crippen LogP contribution is 2.20. The lowest BCUT2D eigenvalue weighted by molar-refractivity contribution is -0.174. The molecule has 0 aromatic rings. The smallest absolute Gasteiger partial charge is 0.374 e. The van der Waals surface area contributed by atoms with Gasteiger partial charge in [-0.2, -0.15) is 0 Å². The average molecular weight is 457 g/mol. The van der Waals surface area contributed by atoms with E-state index in [1.54, 1.807) is 0 Å². The summed E-state index contributed by atoms with van der Waals surface area (Å²) in [5.74, 6) is 0. The molecule has 176 valence electrons. The first kappa shape index (κ1) is 29.1. The molecule has 3 unspecified atom stereocenters. The van der Waals surface area contributed by atoms with Crippen molar-refractivity contribution in [2.24, 2.45) is 0 Å². The second kappa shape index (κ2) is 15.8. The first-order valence-electron chi connectivity index (χ1n) is 10.9. The summed E-state index contributed by atoms with van der Waals surface area (Å²) in [7, 11) is -5.43. The molecule has 0 spiro atoms. The summed E-state index contributed by atoms with van der Waals surface area (Å²) < 4.78 is 47.1. The van der Waals surface area contributed by atoms with Gasteiger partial charge in [0.1, 0.15) is 12.6 Å². The normalized spacial score (nSPS) is 16.0. The monoisotopic (exact) mass is 456 g/mol. The van der Waals surface area contributed by atoms with Crippen LogP contribution in [0.2, 0.25) is 12.1 Å². The molecule has 0 fully saturated rings. The maximum absolute atomic E-state index is 6.06. The first-order chi connectivity index (χ1) is 13.8. The molecule has 29 heavy (non-hydrogen) atoms.